The van der Waals surface area contributed by atoms with Gasteiger partial charge in [0.15, 0.2) is 0 Å². The number of anilines is 1. The highest BCUT2D eigenvalue weighted by Crippen LogP contribution is 2.25. The Hall–Kier alpha value is -1.02. The predicted molar refractivity (Wildman–Crippen MR) is 70.2 cm³/mol. The van der Waals surface area contributed by atoms with Crippen LogP contribution in [0, 0.1) is 0 Å². The Balaban J connectivity index is 2.99. The van der Waals surface area contributed by atoms with Crippen LogP contribution in [0.25, 0.3) is 0 Å². The molecule has 1 rings (SSSR count). The van der Waals surface area contributed by atoms with Gasteiger partial charge in [-0.1, -0.05) is 33.8 Å². The molecule has 2 nitrogen and oxygen atoms in total. The summed E-state index contributed by atoms with van der Waals surface area (Å²) in [5.41, 5.74) is 3.82. The van der Waals surface area contributed by atoms with Gasteiger partial charge in [0.05, 0.1) is 6.61 Å². The first-order valence-electron chi connectivity index (χ1n) is 6.04. The van der Waals surface area contributed by atoms with Crippen LogP contribution in [0.1, 0.15) is 50.7 Å². The number of rotatable bonds is 5. The zero-order chi connectivity index (χ0) is 12.1. The van der Waals surface area contributed by atoms with Crippen LogP contribution < -0.4 is 5.32 Å². The molecule has 0 fully saturated rings. The third-order valence-corrected chi connectivity index (χ3v) is 2.75. The van der Waals surface area contributed by atoms with Crippen molar-refractivity contribution >= 4 is 5.69 Å². The van der Waals surface area contributed by atoms with Crippen LogP contribution in [-0.2, 0) is 0 Å². The van der Waals surface area contributed by atoms with E-state index in [4.69, 9.17) is 5.11 Å². The molecule has 16 heavy (non-hydrogen) atoms. The van der Waals surface area contributed by atoms with Gasteiger partial charge in [0.1, 0.15) is 0 Å². The maximum absolute atomic E-state index is 8.82. The van der Waals surface area contributed by atoms with Crippen molar-refractivity contribution in [2.45, 2.75) is 39.5 Å². The summed E-state index contributed by atoms with van der Waals surface area (Å²) in [5, 5.41) is 12.1. The van der Waals surface area contributed by atoms with Crippen LogP contribution >= 0.6 is 0 Å². The minimum Gasteiger partial charge on any atom is -0.395 e. The normalized spacial score (nSPS) is 11.2. The highest BCUT2D eigenvalue weighted by Gasteiger charge is 2.06. The summed E-state index contributed by atoms with van der Waals surface area (Å²) in [4.78, 5) is 0. The summed E-state index contributed by atoms with van der Waals surface area (Å²) in [6.45, 7) is 9.59. The van der Waals surface area contributed by atoms with Gasteiger partial charge in [-0.3, -0.25) is 0 Å². The first kappa shape index (κ1) is 13.0. The summed E-state index contributed by atoms with van der Waals surface area (Å²) < 4.78 is 0. The van der Waals surface area contributed by atoms with Gasteiger partial charge in [0.2, 0.25) is 0 Å². The van der Waals surface area contributed by atoms with Gasteiger partial charge in [0.25, 0.3) is 0 Å². The van der Waals surface area contributed by atoms with Crippen molar-refractivity contribution in [1.82, 2.24) is 0 Å². The van der Waals surface area contributed by atoms with Gasteiger partial charge >= 0.3 is 0 Å². The van der Waals surface area contributed by atoms with Gasteiger partial charge in [-0.05, 0) is 35.1 Å². The molecule has 0 aliphatic heterocycles. The standard InChI is InChI=1S/C14H23NO/c1-10(2)12-7-13(11(3)4)9-14(8-12)15-5-6-16/h7-11,15-16H,5-6H2,1-4H3. The van der Waals surface area contributed by atoms with Crippen molar-refractivity contribution in [1.29, 1.82) is 0 Å². The molecular formula is C14H23NO. The summed E-state index contributed by atoms with van der Waals surface area (Å²) in [6.07, 6.45) is 0. The van der Waals surface area contributed by atoms with Gasteiger partial charge in [0, 0.05) is 12.2 Å². The maximum atomic E-state index is 8.82. The summed E-state index contributed by atoms with van der Waals surface area (Å²) in [7, 11) is 0. The Morgan fingerprint density at radius 1 is 1.00 bits per heavy atom. The van der Waals surface area contributed by atoms with Gasteiger partial charge < -0.3 is 10.4 Å². The van der Waals surface area contributed by atoms with Crippen LogP contribution in [0.4, 0.5) is 5.69 Å². The SMILES string of the molecule is CC(C)c1cc(NCCO)cc(C(C)C)c1. The quantitative estimate of drug-likeness (QED) is 0.799. The lowest BCUT2D eigenvalue weighted by atomic mass is 9.95. The molecule has 90 valence electrons. The third-order valence-electron chi connectivity index (χ3n) is 2.75. The zero-order valence-corrected chi connectivity index (χ0v) is 10.7. The molecule has 2 N–H and O–H groups in total. The van der Waals surface area contributed by atoms with E-state index in [0.717, 1.165) is 5.69 Å². The molecule has 0 aromatic heterocycles. The minimum atomic E-state index is 0.170. The lowest BCUT2D eigenvalue weighted by molar-refractivity contribution is 0.311. The molecule has 0 atom stereocenters. The minimum absolute atomic E-state index is 0.170. The number of aliphatic hydroxyl groups excluding tert-OH is 1. The van der Waals surface area contributed by atoms with Crippen molar-refractivity contribution in [3.63, 3.8) is 0 Å². The van der Waals surface area contributed by atoms with Gasteiger partial charge in [-0.2, -0.15) is 0 Å². The molecule has 0 unspecified atom stereocenters. The van der Waals surface area contributed by atoms with E-state index in [2.05, 4.69) is 51.2 Å². The first-order valence-corrected chi connectivity index (χ1v) is 6.04. The van der Waals surface area contributed by atoms with E-state index in [1.807, 2.05) is 0 Å². The maximum Gasteiger partial charge on any atom is 0.0604 e. The van der Waals surface area contributed by atoms with Crippen molar-refractivity contribution < 1.29 is 5.11 Å². The fraction of sp³-hybridized carbons (Fsp3) is 0.571. The molecule has 0 spiro atoms. The van der Waals surface area contributed by atoms with E-state index in [-0.39, 0.29) is 6.61 Å². The second-order valence-corrected chi connectivity index (χ2v) is 4.85. The fourth-order valence-electron chi connectivity index (χ4n) is 1.65. The van der Waals surface area contributed by atoms with Gasteiger partial charge in [-0.15, -0.1) is 0 Å². The highest BCUT2D eigenvalue weighted by molar-refractivity contribution is 5.50. The topological polar surface area (TPSA) is 32.3 Å². The van der Waals surface area contributed by atoms with Crippen LogP contribution in [0.15, 0.2) is 18.2 Å². The average molecular weight is 221 g/mol. The molecular weight excluding hydrogens is 198 g/mol. The second-order valence-electron chi connectivity index (χ2n) is 4.85. The lowest BCUT2D eigenvalue weighted by Crippen LogP contribution is -2.06. The first-order chi connectivity index (χ1) is 7.54. The van der Waals surface area contributed by atoms with Crippen molar-refractivity contribution in [3.05, 3.63) is 29.3 Å². The summed E-state index contributed by atoms with van der Waals surface area (Å²) in [6, 6.07) is 6.62. The zero-order valence-electron chi connectivity index (χ0n) is 10.7. The molecule has 0 saturated carbocycles. The molecule has 1 aromatic rings. The van der Waals surface area contributed by atoms with Gasteiger partial charge in [-0.25, -0.2) is 0 Å². The number of hydrogen-bond acceptors (Lipinski definition) is 2. The Morgan fingerprint density at radius 3 is 1.88 bits per heavy atom. The molecule has 0 amide bonds. The molecule has 2 heteroatoms. The number of aliphatic hydroxyl groups is 1. The van der Waals surface area contributed by atoms with Crippen molar-refractivity contribution in [3.8, 4) is 0 Å². The fourth-order valence-corrected chi connectivity index (χ4v) is 1.65. The Bertz CT molecular complexity index is 305. The molecule has 0 aliphatic rings. The predicted octanol–water partition coefficient (Wildman–Crippen LogP) is 3.34. The number of hydrogen-bond donors (Lipinski definition) is 2. The van der Waals surface area contributed by atoms with Crippen LogP contribution in [0.2, 0.25) is 0 Å². The Morgan fingerprint density at radius 2 is 1.50 bits per heavy atom. The number of nitrogens with one attached hydrogen (secondary N) is 1. The number of benzene rings is 1. The highest BCUT2D eigenvalue weighted by atomic mass is 16.3. The van der Waals surface area contributed by atoms with Crippen molar-refractivity contribution in [2.24, 2.45) is 0 Å². The van der Waals surface area contributed by atoms with E-state index in [1.165, 1.54) is 11.1 Å². The summed E-state index contributed by atoms with van der Waals surface area (Å²) in [5.74, 6) is 1.07. The third kappa shape index (κ3) is 3.53. The molecule has 0 heterocycles. The second kappa shape index (κ2) is 5.90. The molecule has 1 aromatic carbocycles. The summed E-state index contributed by atoms with van der Waals surface area (Å²) >= 11 is 0. The lowest BCUT2D eigenvalue weighted by Gasteiger charge is -2.15. The monoisotopic (exact) mass is 221 g/mol. The van der Waals surface area contributed by atoms with E-state index >= 15 is 0 Å². The van der Waals surface area contributed by atoms with Crippen LogP contribution in [-0.4, -0.2) is 18.3 Å². The average Bonchev–Trinajstić information content (AvgIpc) is 2.25. The van der Waals surface area contributed by atoms with Crippen LogP contribution in [0.5, 0.6) is 0 Å². The molecule has 0 aliphatic carbocycles. The van der Waals surface area contributed by atoms with E-state index in [1.54, 1.807) is 0 Å². The van der Waals surface area contributed by atoms with E-state index < -0.39 is 0 Å². The van der Waals surface area contributed by atoms with Crippen molar-refractivity contribution in [2.75, 3.05) is 18.5 Å². The molecule has 0 radical (unpaired) electrons. The van der Waals surface area contributed by atoms with Crippen LogP contribution in [0.3, 0.4) is 0 Å². The Kier molecular flexibility index (Phi) is 4.81. The Labute approximate surface area is 98.7 Å². The van der Waals surface area contributed by atoms with E-state index in [0.29, 0.717) is 18.4 Å². The largest absolute Gasteiger partial charge is 0.395 e. The smallest absolute Gasteiger partial charge is 0.0604 e. The molecule has 0 saturated heterocycles. The molecule has 0 bridgehead atoms. The van der Waals surface area contributed by atoms with E-state index in [9.17, 15) is 0 Å².